The van der Waals surface area contributed by atoms with E-state index in [0.717, 1.165) is 17.4 Å². The van der Waals surface area contributed by atoms with E-state index in [2.05, 4.69) is 19.0 Å². The Morgan fingerprint density at radius 2 is 2.11 bits per heavy atom. The predicted octanol–water partition coefficient (Wildman–Crippen LogP) is 2.94. The zero-order valence-corrected chi connectivity index (χ0v) is 12.3. The van der Waals surface area contributed by atoms with Gasteiger partial charge in [0.05, 0.1) is 6.61 Å². The Bertz CT molecular complexity index is 393. The SMILES string of the molecule is CCC(C)CSCCOc1ccc(/C(N)=N/O)cc1. The highest BCUT2D eigenvalue weighted by Gasteiger charge is 2.01. The summed E-state index contributed by atoms with van der Waals surface area (Å²) < 4.78 is 5.63. The van der Waals surface area contributed by atoms with E-state index >= 15 is 0 Å². The number of thioether (sulfide) groups is 1. The molecule has 19 heavy (non-hydrogen) atoms. The van der Waals surface area contributed by atoms with Crippen LogP contribution in [0.25, 0.3) is 0 Å². The third kappa shape index (κ3) is 5.87. The molecule has 106 valence electrons. The fourth-order valence-electron chi connectivity index (χ4n) is 1.40. The van der Waals surface area contributed by atoms with Crippen molar-refractivity contribution >= 4 is 17.6 Å². The number of nitrogens with two attached hydrogens (primary N) is 1. The number of rotatable bonds is 8. The summed E-state index contributed by atoms with van der Waals surface area (Å²) in [5.41, 5.74) is 6.16. The van der Waals surface area contributed by atoms with Crippen molar-refractivity contribution in [3.05, 3.63) is 29.8 Å². The third-order valence-electron chi connectivity index (χ3n) is 2.85. The molecule has 1 aromatic rings. The van der Waals surface area contributed by atoms with Crippen molar-refractivity contribution in [2.24, 2.45) is 16.8 Å². The smallest absolute Gasteiger partial charge is 0.170 e. The third-order valence-corrected chi connectivity index (χ3v) is 4.11. The zero-order chi connectivity index (χ0) is 14.1. The fourth-order valence-corrected chi connectivity index (χ4v) is 2.41. The van der Waals surface area contributed by atoms with Crippen molar-refractivity contribution < 1.29 is 9.94 Å². The quantitative estimate of drug-likeness (QED) is 0.253. The van der Waals surface area contributed by atoms with Gasteiger partial charge in [-0.3, -0.25) is 0 Å². The van der Waals surface area contributed by atoms with Crippen LogP contribution >= 0.6 is 11.8 Å². The molecule has 0 fully saturated rings. The second kappa shape index (κ2) is 8.69. The summed E-state index contributed by atoms with van der Waals surface area (Å²) >= 11 is 1.92. The van der Waals surface area contributed by atoms with E-state index in [4.69, 9.17) is 15.7 Å². The summed E-state index contributed by atoms with van der Waals surface area (Å²) in [5.74, 6) is 3.86. The number of hydrogen-bond donors (Lipinski definition) is 2. The van der Waals surface area contributed by atoms with Gasteiger partial charge < -0.3 is 15.7 Å². The minimum absolute atomic E-state index is 0.107. The second-order valence-electron chi connectivity index (χ2n) is 4.45. The average Bonchev–Trinajstić information content (AvgIpc) is 2.46. The van der Waals surface area contributed by atoms with Crippen LogP contribution in [-0.4, -0.2) is 29.2 Å². The first-order chi connectivity index (χ1) is 9.17. The molecule has 1 unspecified atom stereocenters. The molecule has 1 rings (SSSR count). The van der Waals surface area contributed by atoms with Crippen LogP contribution in [0.2, 0.25) is 0 Å². The van der Waals surface area contributed by atoms with E-state index in [0.29, 0.717) is 12.2 Å². The van der Waals surface area contributed by atoms with Crippen LogP contribution in [0.15, 0.2) is 29.4 Å². The molecular formula is C14H22N2O2S. The number of benzene rings is 1. The summed E-state index contributed by atoms with van der Waals surface area (Å²) in [4.78, 5) is 0. The van der Waals surface area contributed by atoms with Gasteiger partial charge in [-0.1, -0.05) is 25.4 Å². The van der Waals surface area contributed by atoms with Crippen molar-refractivity contribution in [1.82, 2.24) is 0 Å². The molecule has 0 saturated carbocycles. The van der Waals surface area contributed by atoms with Crippen molar-refractivity contribution in [2.45, 2.75) is 20.3 Å². The highest BCUT2D eigenvalue weighted by molar-refractivity contribution is 7.99. The van der Waals surface area contributed by atoms with Gasteiger partial charge in [0.15, 0.2) is 5.84 Å². The van der Waals surface area contributed by atoms with Crippen molar-refractivity contribution in [1.29, 1.82) is 0 Å². The van der Waals surface area contributed by atoms with Crippen LogP contribution < -0.4 is 10.5 Å². The monoisotopic (exact) mass is 282 g/mol. The average molecular weight is 282 g/mol. The molecule has 3 N–H and O–H groups in total. The first kappa shape index (κ1) is 15.7. The van der Waals surface area contributed by atoms with Crippen LogP contribution in [0, 0.1) is 5.92 Å². The predicted molar refractivity (Wildman–Crippen MR) is 81.2 cm³/mol. The molecule has 1 aromatic carbocycles. The van der Waals surface area contributed by atoms with Crippen LogP contribution in [0.5, 0.6) is 5.75 Å². The van der Waals surface area contributed by atoms with E-state index in [-0.39, 0.29) is 5.84 Å². The normalized spacial score (nSPS) is 13.3. The molecule has 0 aliphatic heterocycles. The first-order valence-electron chi connectivity index (χ1n) is 6.45. The second-order valence-corrected chi connectivity index (χ2v) is 5.60. The molecule has 4 nitrogen and oxygen atoms in total. The Hall–Kier alpha value is -1.36. The van der Waals surface area contributed by atoms with Gasteiger partial charge in [0.1, 0.15) is 5.75 Å². The van der Waals surface area contributed by atoms with E-state index in [1.807, 2.05) is 23.9 Å². The molecule has 0 bridgehead atoms. The fraction of sp³-hybridized carbons (Fsp3) is 0.500. The van der Waals surface area contributed by atoms with Crippen molar-refractivity contribution in [3.63, 3.8) is 0 Å². The lowest BCUT2D eigenvalue weighted by atomic mass is 10.2. The summed E-state index contributed by atoms with van der Waals surface area (Å²) in [6, 6.07) is 7.20. The van der Waals surface area contributed by atoms with Gasteiger partial charge in [0.2, 0.25) is 0 Å². The van der Waals surface area contributed by atoms with E-state index < -0.39 is 0 Å². The minimum atomic E-state index is 0.107. The van der Waals surface area contributed by atoms with Gasteiger partial charge in [0, 0.05) is 11.3 Å². The van der Waals surface area contributed by atoms with Gasteiger partial charge in [-0.2, -0.15) is 11.8 Å². The summed E-state index contributed by atoms with van der Waals surface area (Å²) in [6.45, 7) is 5.17. The number of amidine groups is 1. The first-order valence-corrected chi connectivity index (χ1v) is 7.61. The van der Waals surface area contributed by atoms with Crippen LogP contribution in [0.4, 0.5) is 0 Å². The lowest BCUT2D eigenvalue weighted by Gasteiger charge is -2.09. The maximum atomic E-state index is 8.55. The zero-order valence-electron chi connectivity index (χ0n) is 11.5. The van der Waals surface area contributed by atoms with E-state index in [1.54, 1.807) is 12.1 Å². The summed E-state index contributed by atoms with van der Waals surface area (Å²) in [5, 5.41) is 11.5. The van der Waals surface area contributed by atoms with Gasteiger partial charge in [-0.25, -0.2) is 0 Å². The standard InChI is InChI=1S/C14H22N2O2S/c1-3-11(2)10-19-9-8-18-13-6-4-12(5-7-13)14(15)16-17/h4-7,11,17H,3,8-10H2,1-2H3,(H2,15,16). The molecule has 0 saturated heterocycles. The van der Waals surface area contributed by atoms with Crippen LogP contribution in [-0.2, 0) is 0 Å². The van der Waals surface area contributed by atoms with Gasteiger partial charge in [0.25, 0.3) is 0 Å². The summed E-state index contributed by atoms with van der Waals surface area (Å²) in [7, 11) is 0. The number of nitrogens with zero attached hydrogens (tertiary/aromatic N) is 1. The Morgan fingerprint density at radius 1 is 1.42 bits per heavy atom. The molecule has 0 aliphatic carbocycles. The molecular weight excluding hydrogens is 260 g/mol. The largest absolute Gasteiger partial charge is 0.493 e. The Balaban J connectivity index is 2.27. The maximum Gasteiger partial charge on any atom is 0.170 e. The summed E-state index contributed by atoms with van der Waals surface area (Å²) in [6.07, 6.45) is 1.23. The van der Waals surface area contributed by atoms with E-state index in [9.17, 15) is 0 Å². The number of hydrogen-bond acceptors (Lipinski definition) is 4. The minimum Gasteiger partial charge on any atom is -0.493 e. The maximum absolute atomic E-state index is 8.55. The lowest BCUT2D eigenvalue weighted by Crippen LogP contribution is -2.12. The number of oxime groups is 1. The van der Waals surface area contributed by atoms with Crippen LogP contribution in [0.1, 0.15) is 25.8 Å². The Kier molecular flexibility index (Phi) is 7.18. The topological polar surface area (TPSA) is 67.8 Å². The van der Waals surface area contributed by atoms with Gasteiger partial charge in [-0.05, 0) is 35.9 Å². The molecule has 0 aliphatic rings. The Labute approximate surface area is 119 Å². The lowest BCUT2D eigenvalue weighted by molar-refractivity contribution is 0.318. The molecule has 5 heteroatoms. The highest BCUT2D eigenvalue weighted by Crippen LogP contribution is 2.14. The van der Waals surface area contributed by atoms with Crippen molar-refractivity contribution in [3.8, 4) is 5.75 Å². The van der Waals surface area contributed by atoms with Crippen LogP contribution in [0.3, 0.4) is 0 Å². The molecule has 1 atom stereocenters. The molecule has 0 radical (unpaired) electrons. The number of ether oxygens (including phenoxy) is 1. The molecule has 0 aromatic heterocycles. The Morgan fingerprint density at radius 3 is 2.68 bits per heavy atom. The highest BCUT2D eigenvalue weighted by atomic mass is 32.2. The van der Waals surface area contributed by atoms with Crippen molar-refractivity contribution in [2.75, 3.05) is 18.1 Å². The molecule has 0 spiro atoms. The van der Waals surface area contributed by atoms with E-state index in [1.165, 1.54) is 12.2 Å². The van der Waals surface area contributed by atoms with Gasteiger partial charge >= 0.3 is 0 Å². The molecule has 0 heterocycles. The van der Waals surface area contributed by atoms with Gasteiger partial charge in [-0.15, -0.1) is 0 Å². The molecule has 0 amide bonds.